The van der Waals surface area contributed by atoms with Gasteiger partial charge in [0.1, 0.15) is 0 Å². The van der Waals surface area contributed by atoms with Crippen molar-refractivity contribution in [1.29, 1.82) is 0 Å². The molecular weight excluding hydrogens is 226 g/mol. The van der Waals surface area contributed by atoms with E-state index in [-0.39, 0.29) is 0 Å². The molecule has 0 spiro atoms. The first-order valence-corrected chi connectivity index (χ1v) is 7.52. The number of benzene rings is 1. The van der Waals surface area contributed by atoms with E-state index < -0.39 is 0 Å². The van der Waals surface area contributed by atoms with Gasteiger partial charge in [-0.1, -0.05) is 32.0 Å². The maximum absolute atomic E-state index is 3.42. The van der Waals surface area contributed by atoms with Crippen molar-refractivity contribution in [2.24, 2.45) is 5.92 Å². The monoisotopic (exact) mass is 251 g/mol. The lowest BCUT2D eigenvalue weighted by Gasteiger charge is -2.18. The van der Waals surface area contributed by atoms with E-state index in [1.165, 1.54) is 22.4 Å². The summed E-state index contributed by atoms with van der Waals surface area (Å²) >= 11 is 2.04. The van der Waals surface area contributed by atoms with Gasteiger partial charge in [0.15, 0.2) is 0 Å². The summed E-state index contributed by atoms with van der Waals surface area (Å²) < 4.78 is 0. The van der Waals surface area contributed by atoms with Gasteiger partial charge in [0.05, 0.1) is 0 Å². The van der Waals surface area contributed by atoms with Crippen LogP contribution in [0.2, 0.25) is 0 Å². The summed E-state index contributed by atoms with van der Waals surface area (Å²) in [6.07, 6.45) is 0. The van der Waals surface area contributed by atoms with Crippen molar-refractivity contribution in [1.82, 2.24) is 5.32 Å². The van der Waals surface area contributed by atoms with Crippen molar-refractivity contribution < 1.29 is 0 Å². The second-order valence-corrected chi connectivity index (χ2v) is 6.19. The van der Waals surface area contributed by atoms with Crippen LogP contribution in [0.15, 0.2) is 18.2 Å². The molecule has 0 amide bonds. The zero-order valence-electron chi connectivity index (χ0n) is 11.7. The molecular formula is C15H25NS. The van der Waals surface area contributed by atoms with Gasteiger partial charge in [-0.25, -0.2) is 0 Å². The minimum Gasteiger partial charge on any atom is -0.312 e. The van der Waals surface area contributed by atoms with E-state index in [1.807, 2.05) is 11.8 Å². The number of nitrogens with one attached hydrogen (secondary N) is 1. The first kappa shape index (κ1) is 14.6. The fourth-order valence-corrected chi connectivity index (χ4v) is 2.95. The Morgan fingerprint density at radius 2 is 1.82 bits per heavy atom. The van der Waals surface area contributed by atoms with Gasteiger partial charge in [-0.3, -0.25) is 0 Å². The maximum Gasteiger partial charge on any atom is 0.0409 e. The third kappa shape index (κ3) is 4.72. The van der Waals surface area contributed by atoms with Gasteiger partial charge < -0.3 is 5.32 Å². The molecule has 1 rings (SSSR count). The topological polar surface area (TPSA) is 12.0 Å². The first-order chi connectivity index (χ1) is 8.04. The Morgan fingerprint density at radius 1 is 1.12 bits per heavy atom. The molecule has 17 heavy (non-hydrogen) atoms. The number of hydrogen-bond acceptors (Lipinski definition) is 2. The minimum atomic E-state index is 0.470. The Labute approximate surface area is 110 Å². The number of aryl methyl sites for hydroxylation is 2. The molecule has 96 valence electrons. The highest BCUT2D eigenvalue weighted by Gasteiger charge is 2.10. The SMILES string of the molecule is CNC(CSCC(C)C)c1ccc(C)c(C)c1. The lowest BCUT2D eigenvalue weighted by molar-refractivity contribution is 0.658. The predicted octanol–water partition coefficient (Wildman–Crippen LogP) is 3.95. The fraction of sp³-hybridized carbons (Fsp3) is 0.600. The van der Waals surface area contributed by atoms with Gasteiger partial charge >= 0.3 is 0 Å². The van der Waals surface area contributed by atoms with E-state index in [0.717, 1.165) is 11.7 Å². The molecule has 1 nitrogen and oxygen atoms in total. The standard InChI is InChI=1S/C15H25NS/c1-11(2)9-17-10-15(16-5)14-7-6-12(3)13(4)8-14/h6-8,11,15-16H,9-10H2,1-5H3. The quantitative estimate of drug-likeness (QED) is 0.821. The highest BCUT2D eigenvalue weighted by atomic mass is 32.2. The van der Waals surface area contributed by atoms with Crippen molar-refractivity contribution >= 4 is 11.8 Å². The average Bonchev–Trinajstić information content (AvgIpc) is 2.28. The molecule has 0 bridgehead atoms. The molecule has 1 N–H and O–H groups in total. The fourth-order valence-electron chi connectivity index (χ4n) is 1.75. The lowest BCUT2D eigenvalue weighted by atomic mass is 10.0. The van der Waals surface area contributed by atoms with Gasteiger partial charge in [0, 0.05) is 11.8 Å². The van der Waals surface area contributed by atoms with Crippen molar-refractivity contribution in [2.75, 3.05) is 18.6 Å². The molecule has 1 aromatic rings. The third-order valence-corrected chi connectivity index (χ3v) is 4.49. The molecule has 0 heterocycles. The van der Waals surface area contributed by atoms with Crippen LogP contribution in [-0.2, 0) is 0 Å². The highest BCUT2D eigenvalue weighted by Crippen LogP contribution is 2.21. The second-order valence-electron chi connectivity index (χ2n) is 5.12. The van der Waals surface area contributed by atoms with Crippen LogP contribution in [0.25, 0.3) is 0 Å². The summed E-state index contributed by atoms with van der Waals surface area (Å²) in [5.74, 6) is 3.16. The van der Waals surface area contributed by atoms with Gasteiger partial charge in [-0.2, -0.15) is 11.8 Å². The highest BCUT2D eigenvalue weighted by molar-refractivity contribution is 7.99. The van der Waals surface area contributed by atoms with Crippen LogP contribution >= 0.6 is 11.8 Å². The molecule has 0 aliphatic heterocycles. The van der Waals surface area contributed by atoms with Crippen LogP contribution in [-0.4, -0.2) is 18.6 Å². The van der Waals surface area contributed by atoms with Gasteiger partial charge in [-0.15, -0.1) is 0 Å². The molecule has 2 heteroatoms. The summed E-state index contributed by atoms with van der Waals surface area (Å²) in [6, 6.07) is 7.26. The zero-order valence-corrected chi connectivity index (χ0v) is 12.5. The number of hydrogen-bond donors (Lipinski definition) is 1. The molecule has 1 atom stereocenters. The van der Waals surface area contributed by atoms with Crippen LogP contribution in [0.4, 0.5) is 0 Å². The second kappa shape index (κ2) is 7.07. The Balaban J connectivity index is 2.62. The van der Waals surface area contributed by atoms with E-state index in [9.17, 15) is 0 Å². The van der Waals surface area contributed by atoms with Crippen LogP contribution in [0.5, 0.6) is 0 Å². The zero-order chi connectivity index (χ0) is 12.8. The maximum atomic E-state index is 3.42. The largest absolute Gasteiger partial charge is 0.312 e. The Kier molecular flexibility index (Phi) is 6.07. The first-order valence-electron chi connectivity index (χ1n) is 6.36. The van der Waals surface area contributed by atoms with Gasteiger partial charge in [0.2, 0.25) is 0 Å². The minimum absolute atomic E-state index is 0.470. The number of thioether (sulfide) groups is 1. The summed E-state index contributed by atoms with van der Waals surface area (Å²) in [7, 11) is 2.05. The summed E-state index contributed by atoms with van der Waals surface area (Å²) in [6.45, 7) is 8.91. The van der Waals surface area contributed by atoms with Gasteiger partial charge in [-0.05, 0) is 49.3 Å². The third-order valence-electron chi connectivity index (χ3n) is 3.02. The normalized spacial score (nSPS) is 13.1. The summed E-state index contributed by atoms with van der Waals surface area (Å²) in [4.78, 5) is 0. The molecule has 0 radical (unpaired) electrons. The molecule has 0 aromatic heterocycles. The van der Waals surface area contributed by atoms with Crippen molar-refractivity contribution in [2.45, 2.75) is 33.7 Å². The Hall–Kier alpha value is -0.470. The van der Waals surface area contributed by atoms with Crippen molar-refractivity contribution in [3.8, 4) is 0 Å². The molecule has 0 fully saturated rings. The molecule has 0 aliphatic carbocycles. The smallest absolute Gasteiger partial charge is 0.0409 e. The van der Waals surface area contributed by atoms with E-state index in [4.69, 9.17) is 0 Å². The predicted molar refractivity (Wildman–Crippen MR) is 79.9 cm³/mol. The van der Waals surface area contributed by atoms with E-state index >= 15 is 0 Å². The van der Waals surface area contributed by atoms with Crippen molar-refractivity contribution in [3.05, 3.63) is 34.9 Å². The van der Waals surface area contributed by atoms with Gasteiger partial charge in [0.25, 0.3) is 0 Å². The van der Waals surface area contributed by atoms with Crippen molar-refractivity contribution in [3.63, 3.8) is 0 Å². The lowest BCUT2D eigenvalue weighted by Crippen LogP contribution is -2.19. The molecule has 0 saturated heterocycles. The van der Waals surface area contributed by atoms with Crippen LogP contribution < -0.4 is 5.32 Å². The van der Waals surface area contributed by atoms with Crippen LogP contribution in [0.3, 0.4) is 0 Å². The Morgan fingerprint density at radius 3 is 2.35 bits per heavy atom. The summed E-state index contributed by atoms with van der Waals surface area (Å²) in [5, 5.41) is 3.42. The molecule has 0 saturated carbocycles. The summed E-state index contributed by atoms with van der Waals surface area (Å²) in [5.41, 5.74) is 4.17. The van der Waals surface area contributed by atoms with Crippen LogP contribution in [0, 0.1) is 19.8 Å². The molecule has 0 aliphatic rings. The van der Waals surface area contributed by atoms with E-state index in [1.54, 1.807) is 0 Å². The van der Waals surface area contributed by atoms with E-state index in [2.05, 4.69) is 58.3 Å². The molecule has 1 unspecified atom stereocenters. The van der Waals surface area contributed by atoms with E-state index in [0.29, 0.717) is 6.04 Å². The van der Waals surface area contributed by atoms with Crippen LogP contribution in [0.1, 0.15) is 36.6 Å². The number of rotatable bonds is 6. The molecule has 1 aromatic carbocycles. The Bertz CT molecular complexity index is 347. The average molecular weight is 251 g/mol.